The van der Waals surface area contributed by atoms with Gasteiger partial charge in [-0.25, -0.2) is 0 Å². The van der Waals surface area contributed by atoms with Gasteiger partial charge in [0.1, 0.15) is 0 Å². The molecule has 2 rings (SSSR count). The van der Waals surface area contributed by atoms with E-state index < -0.39 is 0 Å². The lowest BCUT2D eigenvalue weighted by Crippen LogP contribution is -2.50. The SMILES string of the molecule is CC(C)CC1CCC(CN2CCNC(C)C2)CC1. The topological polar surface area (TPSA) is 15.3 Å². The van der Waals surface area contributed by atoms with Gasteiger partial charge in [-0.2, -0.15) is 0 Å². The van der Waals surface area contributed by atoms with E-state index >= 15 is 0 Å². The quantitative estimate of drug-likeness (QED) is 0.827. The smallest absolute Gasteiger partial charge is 0.0167 e. The summed E-state index contributed by atoms with van der Waals surface area (Å²) in [6.45, 7) is 12.1. The molecule has 1 saturated heterocycles. The Balaban J connectivity index is 1.66. The number of nitrogens with zero attached hydrogens (tertiary/aromatic N) is 1. The molecule has 0 radical (unpaired) electrons. The van der Waals surface area contributed by atoms with Gasteiger partial charge in [0, 0.05) is 32.2 Å². The van der Waals surface area contributed by atoms with Crippen molar-refractivity contribution in [3.05, 3.63) is 0 Å². The Morgan fingerprint density at radius 1 is 1.11 bits per heavy atom. The molecule has 1 saturated carbocycles. The predicted molar refractivity (Wildman–Crippen MR) is 78.8 cm³/mol. The number of rotatable bonds is 4. The molecule has 0 amide bonds. The van der Waals surface area contributed by atoms with Crippen LogP contribution in [-0.2, 0) is 0 Å². The van der Waals surface area contributed by atoms with Crippen LogP contribution in [0.1, 0.15) is 52.9 Å². The van der Waals surface area contributed by atoms with Gasteiger partial charge in [0.2, 0.25) is 0 Å². The highest BCUT2D eigenvalue weighted by Crippen LogP contribution is 2.33. The Labute approximate surface area is 114 Å². The lowest BCUT2D eigenvalue weighted by Gasteiger charge is -2.37. The first-order chi connectivity index (χ1) is 8.63. The normalized spacial score (nSPS) is 35.0. The van der Waals surface area contributed by atoms with Crippen LogP contribution < -0.4 is 5.32 Å². The number of hydrogen-bond donors (Lipinski definition) is 1. The Morgan fingerprint density at radius 3 is 2.39 bits per heavy atom. The lowest BCUT2D eigenvalue weighted by molar-refractivity contribution is 0.144. The summed E-state index contributed by atoms with van der Waals surface area (Å²) in [5, 5.41) is 3.54. The number of nitrogens with one attached hydrogen (secondary N) is 1. The maximum Gasteiger partial charge on any atom is 0.0167 e. The van der Waals surface area contributed by atoms with Crippen LogP contribution in [0.3, 0.4) is 0 Å². The monoisotopic (exact) mass is 252 g/mol. The van der Waals surface area contributed by atoms with Gasteiger partial charge in [0.15, 0.2) is 0 Å². The summed E-state index contributed by atoms with van der Waals surface area (Å²) in [5.74, 6) is 2.91. The van der Waals surface area contributed by atoms with Gasteiger partial charge in [-0.1, -0.05) is 26.7 Å². The molecular weight excluding hydrogens is 220 g/mol. The van der Waals surface area contributed by atoms with E-state index in [1.165, 1.54) is 58.3 Å². The van der Waals surface area contributed by atoms with Crippen LogP contribution in [-0.4, -0.2) is 37.1 Å². The van der Waals surface area contributed by atoms with Gasteiger partial charge in [-0.3, -0.25) is 0 Å². The minimum absolute atomic E-state index is 0.691. The van der Waals surface area contributed by atoms with Crippen LogP contribution in [0.2, 0.25) is 0 Å². The summed E-state index contributed by atoms with van der Waals surface area (Å²) in [5.41, 5.74) is 0. The third-order valence-electron chi connectivity index (χ3n) is 4.74. The van der Waals surface area contributed by atoms with Gasteiger partial charge in [0.25, 0.3) is 0 Å². The fraction of sp³-hybridized carbons (Fsp3) is 1.00. The summed E-state index contributed by atoms with van der Waals surface area (Å²) in [6.07, 6.45) is 7.40. The van der Waals surface area contributed by atoms with Crippen molar-refractivity contribution in [2.45, 2.75) is 58.9 Å². The van der Waals surface area contributed by atoms with Crippen LogP contribution >= 0.6 is 0 Å². The molecule has 1 heterocycles. The van der Waals surface area contributed by atoms with Crippen molar-refractivity contribution >= 4 is 0 Å². The zero-order chi connectivity index (χ0) is 13.0. The minimum atomic E-state index is 0.691. The minimum Gasteiger partial charge on any atom is -0.312 e. The lowest BCUT2D eigenvalue weighted by atomic mass is 9.78. The number of hydrogen-bond acceptors (Lipinski definition) is 2. The van der Waals surface area contributed by atoms with E-state index in [9.17, 15) is 0 Å². The molecule has 18 heavy (non-hydrogen) atoms. The van der Waals surface area contributed by atoms with Gasteiger partial charge < -0.3 is 10.2 Å². The molecule has 0 spiro atoms. The third kappa shape index (κ3) is 4.55. The average Bonchev–Trinajstić information content (AvgIpc) is 2.31. The Morgan fingerprint density at radius 2 is 1.78 bits per heavy atom. The first-order valence-electron chi connectivity index (χ1n) is 8.09. The van der Waals surface area contributed by atoms with Gasteiger partial charge >= 0.3 is 0 Å². The second-order valence-corrected chi connectivity index (χ2v) is 7.13. The molecule has 0 bridgehead atoms. The van der Waals surface area contributed by atoms with E-state index in [2.05, 4.69) is 31.0 Å². The summed E-state index contributed by atoms with van der Waals surface area (Å²) >= 11 is 0. The van der Waals surface area contributed by atoms with E-state index in [4.69, 9.17) is 0 Å². The molecule has 1 atom stereocenters. The summed E-state index contributed by atoms with van der Waals surface area (Å²) < 4.78 is 0. The van der Waals surface area contributed by atoms with Gasteiger partial charge in [-0.05, 0) is 43.9 Å². The summed E-state index contributed by atoms with van der Waals surface area (Å²) in [7, 11) is 0. The van der Waals surface area contributed by atoms with E-state index in [0.29, 0.717) is 6.04 Å². The van der Waals surface area contributed by atoms with Crippen LogP contribution in [0.5, 0.6) is 0 Å². The van der Waals surface area contributed by atoms with Crippen molar-refractivity contribution in [2.24, 2.45) is 17.8 Å². The molecule has 1 N–H and O–H groups in total. The Hall–Kier alpha value is -0.0800. The van der Waals surface area contributed by atoms with Crippen LogP contribution in [0.15, 0.2) is 0 Å². The standard InChI is InChI=1S/C16H32N2/c1-13(2)10-15-4-6-16(7-5-15)12-18-9-8-17-14(3)11-18/h13-17H,4-12H2,1-3H3. The maximum atomic E-state index is 3.54. The zero-order valence-corrected chi connectivity index (χ0v) is 12.6. The van der Waals surface area contributed by atoms with Crippen molar-refractivity contribution in [3.8, 4) is 0 Å². The largest absolute Gasteiger partial charge is 0.312 e. The molecule has 2 fully saturated rings. The average molecular weight is 252 g/mol. The van der Waals surface area contributed by atoms with Crippen LogP contribution in [0, 0.1) is 17.8 Å². The molecular formula is C16H32N2. The number of piperazine rings is 1. The summed E-state index contributed by atoms with van der Waals surface area (Å²) in [6, 6.07) is 0.691. The highest BCUT2D eigenvalue weighted by molar-refractivity contribution is 4.80. The molecule has 1 aliphatic carbocycles. The molecule has 1 unspecified atom stereocenters. The molecule has 2 aliphatic rings. The van der Waals surface area contributed by atoms with Crippen molar-refractivity contribution in [2.75, 3.05) is 26.2 Å². The van der Waals surface area contributed by atoms with Crippen LogP contribution in [0.4, 0.5) is 0 Å². The third-order valence-corrected chi connectivity index (χ3v) is 4.74. The molecule has 2 nitrogen and oxygen atoms in total. The molecule has 1 aliphatic heterocycles. The van der Waals surface area contributed by atoms with Gasteiger partial charge in [-0.15, -0.1) is 0 Å². The molecule has 0 aromatic carbocycles. The Bertz CT molecular complexity index is 231. The van der Waals surface area contributed by atoms with E-state index in [1.54, 1.807) is 0 Å². The molecule has 0 aromatic heterocycles. The molecule has 0 aromatic rings. The Kier molecular flexibility index (Phi) is 5.50. The van der Waals surface area contributed by atoms with E-state index in [-0.39, 0.29) is 0 Å². The second-order valence-electron chi connectivity index (χ2n) is 7.13. The first-order valence-corrected chi connectivity index (χ1v) is 8.09. The second kappa shape index (κ2) is 6.91. The fourth-order valence-electron chi connectivity index (χ4n) is 3.86. The van der Waals surface area contributed by atoms with Crippen molar-refractivity contribution < 1.29 is 0 Å². The molecule has 106 valence electrons. The molecule has 2 heteroatoms. The van der Waals surface area contributed by atoms with Crippen molar-refractivity contribution in [1.29, 1.82) is 0 Å². The predicted octanol–water partition coefficient (Wildman–Crippen LogP) is 3.13. The summed E-state index contributed by atoms with van der Waals surface area (Å²) in [4.78, 5) is 2.69. The van der Waals surface area contributed by atoms with Crippen molar-refractivity contribution in [1.82, 2.24) is 10.2 Å². The highest BCUT2D eigenvalue weighted by atomic mass is 15.2. The van der Waals surface area contributed by atoms with Crippen molar-refractivity contribution in [3.63, 3.8) is 0 Å². The fourth-order valence-corrected chi connectivity index (χ4v) is 3.86. The van der Waals surface area contributed by atoms with Gasteiger partial charge in [0.05, 0.1) is 0 Å². The van der Waals surface area contributed by atoms with Crippen LogP contribution in [0.25, 0.3) is 0 Å². The zero-order valence-electron chi connectivity index (χ0n) is 12.6. The maximum absolute atomic E-state index is 3.54. The van der Waals surface area contributed by atoms with E-state index in [0.717, 1.165) is 17.8 Å². The highest BCUT2D eigenvalue weighted by Gasteiger charge is 2.24. The first kappa shape index (κ1) is 14.3. The van der Waals surface area contributed by atoms with E-state index in [1.807, 2.05) is 0 Å².